The van der Waals surface area contributed by atoms with Crippen molar-refractivity contribution < 1.29 is 18.3 Å². The third-order valence-corrected chi connectivity index (χ3v) is 5.13. The van der Waals surface area contributed by atoms with Crippen LogP contribution in [0, 0.1) is 0 Å². The molecule has 3 rings (SSSR count). The monoisotopic (exact) mass is 419 g/mol. The van der Waals surface area contributed by atoms with Gasteiger partial charge in [0.15, 0.2) is 5.69 Å². The molecule has 0 spiro atoms. The van der Waals surface area contributed by atoms with Crippen molar-refractivity contribution in [2.24, 2.45) is 22.4 Å². The largest absolute Gasteiger partial charge is 0.495 e. The van der Waals surface area contributed by atoms with Gasteiger partial charge in [-0.2, -0.15) is 0 Å². The summed E-state index contributed by atoms with van der Waals surface area (Å²) in [6.45, 7) is 0. The molecule has 28 heavy (non-hydrogen) atoms. The second-order valence-electron chi connectivity index (χ2n) is 5.79. The Hall–Kier alpha value is -3.02. The van der Waals surface area contributed by atoms with Crippen molar-refractivity contribution >= 4 is 49.6 Å². The number of nitrogens with two attached hydrogens (primary N) is 1. The van der Waals surface area contributed by atoms with E-state index in [1.165, 1.54) is 24.3 Å². The maximum absolute atomic E-state index is 11.3. The van der Waals surface area contributed by atoms with Crippen molar-refractivity contribution in [1.82, 2.24) is 4.57 Å². The first kappa shape index (κ1) is 19.7. The maximum atomic E-state index is 11.3. The standard InChI is InChI=1S/C17H17N5O4S2/c1-22-15-12(4-3-5-13(15)26-2)14(16(22)23)20-21-17(27)19-10-6-8-11(9-7-10)28(18,24)25/h3-9,23H,1-2H3,(H,19,27)(H2,18,24,25). The Morgan fingerprint density at radius 2 is 1.93 bits per heavy atom. The summed E-state index contributed by atoms with van der Waals surface area (Å²) in [4.78, 5) is -0.0137. The van der Waals surface area contributed by atoms with Crippen molar-refractivity contribution in [1.29, 1.82) is 0 Å². The Labute approximate surface area is 166 Å². The van der Waals surface area contributed by atoms with E-state index < -0.39 is 10.0 Å². The quantitative estimate of drug-likeness (QED) is 0.440. The van der Waals surface area contributed by atoms with Gasteiger partial charge in [-0.1, -0.05) is 12.1 Å². The molecule has 2 aromatic carbocycles. The van der Waals surface area contributed by atoms with E-state index in [-0.39, 0.29) is 21.6 Å². The predicted octanol–water partition coefficient (Wildman–Crippen LogP) is 3.02. The fourth-order valence-electron chi connectivity index (χ4n) is 2.68. The summed E-state index contributed by atoms with van der Waals surface area (Å²) in [7, 11) is -0.541. The molecule has 0 saturated heterocycles. The van der Waals surface area contributed by atoms with E-state index in [4.69, 9.17) is 22.1 Å². The number of thiocarbonyl (C=S) groups is 1. The number of hydrogen-bond acceptors (Lipinski definition) is 6. The molecule has 4 N–H and O–H groups in total. The number of azo groups is 1. The number of ether oxygens (including phenoxy) is 1. The SMILES string of the molecule is COc1cccc2c(N=NC(=S)Nc3ccc(S(N)(=O)=O)cc3)c(O)n(C)c12. The molecule has 0 atom stereocenters. The number of anilines is 1. The van der Waals surface area contributed by atoms with Gasteiger partial charge in [-0.05, 0) is 42.5 Å². The Balaban J connectivity index is 1.84. The van der Waals surface area contributed by atoms with Gasteiger partial charge < -0.3 is 19.7 Å². The molecule has 0 aliphatic heterocycles. The molecule has 1 heterocycles. The van der Waals surface area contributed by atoms with Gasteiger partial charge in [-0.3, -0.25) is 0 Å². The number of para-hydroxylation sites is 1. The van der Waals surface area contributed by atoms with Gasteiger partial charge in [-0.25, -0.2) is 13.6 Å². The molecule has 0 radical (unpaired) electrons. The lowest BCUT2D eigenvalue weighted by atomic mass is 10.2. The highest BCUT2D eigenvalue weighted by atomic mass is 32.2. The number of aromatic hydroxyl groups is 1. The molecule has 1 aromatic heterocycles. The van der Waals surface area contributed by atoms with Crippen LogP contribution in [0.25, 0.3) is 10.9 Å². The van der Waals surface area contributed by atoms with Crippen molar-refractivity contribution in [2.75, 3.05) is 12.4 Å². The molecule has 146 valence electrons. The minimum atomic E-state index is -3.77. The number of methoxy groups -OCH3 is 1. The van der Waals surface area contributed by atoms with Crippen molar-refractivity contribution in [3.8, 4) is 11.6 Å². The first-order valence-electron chi connectivity index (χ1n) is 7.92. The highest BCUT2D eigenvalue weighted by Crippen LogP contribution is 2.41. The summed E-state index contributed by atoms with van der Waals surface area (Å²) in [6, 6.07) is 11.0. The van der Waals surface area contributed by atoms with Gasteiger partial charge in [0, 0.05) is 18.1 Å². The van der Waals surface area contributed by atoms with Crippen molar-refractivity contribution in [3.63, 3.8) is 0 Å². The van der Waals surface area contributed by atoms with Gasteiger partial charge in [0.05, 0.1) is 17.5 Å². The summed E-state index contributed by atoms with van der Waals surface area (Å²) in [6.07, 6.45) is 0. The number of nitrogens with zero attached hydrogens (tertiary/aromatic N) is 3. The molecule has 9 nitrogen and oxygen atoms in total. The van der Waals surface area contributed by atoms with Gasteiger partial charge >= 0.3 is 0 Å². The van der Waals surface area contributed by atoms with Crippen LogP contribution in [0.5, 0.6) is 11.6 Å². The van der Waals surface area contributed by atoms with E-state index in [1.807, 2.05) is 0 Å². The Morgan fingerprint density at radius 3 is 2.54 bits per heavy atom. The molecule has 0 saturated carbocycles. The van der Waals surface area contributed by atoms with E-state index in [9.17, 15) is 13.5 Å². The van der Waals surface area contributed by atoms with E-state index >= 15 is 0 Å². The zero-order valence-electron chi connectivity index (χ0n) is 14.9. The molecule has 0 fully saturated rings. The van der Waals surface area contributed by atoms with E-state index in [0.717, 1.165) is 0 Å². The van der Waals surface area contributed by atoms with Crippen LogP contribution in [0.1, 0.15) is 0 Å². The highest BCUT2D eigenvalue weighted by molar-refractivity contribution is 7.89. The second kappa shape index (κ2) is 7.54. The number of benzene rings is 2. The Kier molecular flexibility index (Phi) is 5.31. The smallest absolute Gasteiger partial charge is 0.238 e. The number of sulfonamides is 1. The fourth-order valence-corrected chi connectivity index (χ4v) is 3.35. The lowest BCUT2D eigenvalue weighted by Gasteiger charge is -2.04. The van der Waals surface area contributed by atoms with Crippen LogP contribution in [-0.4, -0.2) is 30.3 Å². The van der Waals surface area contributed by atoms with Crippen LogP contribution in [0.15, 0.2) is 57.6 Å². The Bertz CT molecular complexity index is 1180. The van der Waals surface area contributed by atoms with E-state index in [0.29, 0.717) is 22.3 Å². The lowest BCUT2D eigenvalue weighted by molar-refractivity contribution is 0.412. The summed E-state index contributed by atoms with van der Waals surface area (Å²) in [5.74, 6) is 0.510. The van der Waals surface area contributed by atoms with Crippen LogP contribution in [0.3, 0.4) is 0 Å². The molecule has 0 amide bonds. The minimum absolute atomic E-state index is 0.0137. The fraction of sp³-hybridized carbons (Fsp3) is 0.118. The number of hydrogen-bond donors (Lipinski definition) is 3. The number of rotatable bonds is 4. The molecule has 0 bridgehead atoms. The summed E-state index contributed by atoms with van der Waals surface area (Å²) in [5, 5.41) is 26.9. The average Bonchev–Trinajstić information content (AvgIpc) is 2.90. The third kappa shape index (κ3) is 3.81. The molecule has 3 aromatic rings. The molecular weight excluding hydrogens is 402 g/mol. The molecule has 0 unspecified atom stereocenters. The van der Waals surface area contributed by atoms with Crippen LogP contribution >= 0.6 is 12.2 Å². The first-order valence-corrected chi connectivity index (χ1v) is 9.87. The highest BCUT2D eigenvalue weighted by Gasteiger charge is 2.17. The van der Waals surface area contributed by atoms with Crippen LogP contribution in [-0.2, 0) is 17.1 Å². The van der Waals surface area contributed by atoms with Gasteiger partial charge in [-0.15, -0.1) is 10.2 Å². The van der Waals surface area contributed by atoms with Crippen molar-refractivity contribution in [2.45, 2.75) is 4.90 Å². The van der Waals surface area contributed by atoms with Gasteiger partial charge in [0.25, 0.3) is 0 Å². The summed E-state index contributed by atoms with van der Waals surface area (Å²) < 4.78 is 29.4. The molecule has 0 aliphatic carbocycles. The van der Waals surface area contributed by atoms with E-state index in [2.05, 4.69) is 15.5 Å². The van der Waals surface area contributed by atoms with Crippen LogP contribution < -0.4 is 15.2 Å². The molecule has 0 aliphatic rings. The number of aryl methyl sites for hydroxylation is 1. The van der Waals surface area contributed by atoms with Crippen LogP contribution in [0.4, 0.5) is 11.4 Å². The normalized spacial score (nSPS) is 11.8. The average molecular weight is 419 g/mol. The number of fused-ring (bicyclic) bond motifs is 1. The Morgan fingerprint density at radius 1 is 1.25 bits per heavy atom. The zero-order valence-corrected chi connectivity index (χ0v) is 16.6. The van der Waals surface area contributed by atoms with E-state index in [1.54, 1.807) is 36.9 Å². The zero-order chi connectivity index (χ0) is 20.5. The topological polar surface area (TPSA) is 131 Å². The third-order valence-electron chi connectivity index (χ3n) is 4.01. The first-order chi connectivity index (χ1) is 13.2. The second-order valence-corrected chi connectivity index (χ2v) is 7.74. The number of nitrogens with one attached hydrogen (secondary N) is 1. The summed E-state index contributed by atoms with van der Waals surface area (Å²) in [5.41, 5.74) is 1.44. The van der Waals surface area contributed by atoms with Gasteiger partial charge in [0.2, 0.25) is 21.0 Å². The maximum Gasteiger partial charge on any atom is 0.238 e. The minimum Gasteiger partial charge on any atom is -0.495 e. The number of primary sulfonamides is 1. The van der Waals surface area contributed by atoms with Crippen molar-refractivity contribution in [3.05, 3.63) is 42.5 Å². The predicted molar refractivity (Wildman–Crippen MR) is 110 cm³/mol. The molecular formula is C17H17N5O4S2. The van der Waals surface area contributed by atoms with Crippen LogP contribution in [0.2, 0.25) is 0 Å². The number of aromatic nitrogens is 1. The van der Waals surface area contributed by atoms with Gasteiger partial charge in [0.1, 0.15) is 5.75 Å². The lowest BCUT2D eigenvalue weighted by Crippen LogP contribution is -2.12. The summed E-state index contributed by atoms with van der Waals surface area (Å²) >= 11 is 5.14. The molecule has 11 heteroatoms.